The fourth-order valence-electron chi connectivity index (χ4n) is 3.00. The van der Waals surface area contributed by atoms with E-state index >= 15 is 0 Å². The Labute approximate surface area is 108 Å². The number of fused-ring (bicyclic) bond motifs is 1. The first-order chi connectivity index (χ1) is 8.84. The molecule has 3 rings (SSSR count). The molecule has 0 saturated heterocycles. The summed E-state index contributed by atoms with van der Waals surface area (Å²) in [5.74, 6) is 0.618. The third kappa shape index (κ3) is 2.25. The van der Waals surface area contributed by atoms with E-state index in [0.717, 1.165) is 11.2 Å². The summed E-state index contributed by atoms with van der Waals surface area (Å²) in [6.45, 7) is 0. The van der Waals surface area contributed by atoms with Gasteiger partial charge in [-0.05, 0) is 30.9 Å². The van der Waals surface area contributed by atoms with Gasteiger partial charge in [-0.3, -0.25) is 4.98 Å². The molecular weight excluding hydrogens is 220 g/mol. The van der Waals surface area contributed by atoms with Crippen molar-refractivity contribution in [1.29, 1.82) is 0 Å². The maximum absolute atomic E-state index is 6.40. The monoisotopic (exact) mass is 240 g/mol. The van der Waals surface area contributed by atoms with E-state index in [2.05, 4.69) is 24.3 Å². The molecule has 1 saturated carbocycles. The molecule has 0 aliphatic heterocycles. The SMILES string of the molecule is N[C@H](c1ccc2ccccc2n1)C1CCCCC1. The molecule has 1 fully saturated rings. The second-order valence-electron chi connectivity index (χ2n) is 5.35. The van der Waals surface area contributed by atoms with E-state index in [9.17, 15) is 0 Å². The Kier molecular flexibility index (Phi) is 3.28. The molecule has 1 aromatic carbocycles. The van der Waals surface area contributed by atoms with Crippen LogP contribution < -0.4 is 5.73 Å². The van der Waals surface area contributed by atoms with Crippen LogP contribution in [0.15, 0.2) is 36.4 Å². The van der Waals surface area contributed by atoms with Crippen molar-refractivity contribution in [1.82, 2.24) is 4.98 Å². The lowest BCUT2D eigenvalue weighted by atomic mass is 9.83. The van der Waals surface area contributed by atoms with Crippen LogP contribution in [0.25, 0.3) is 10.9 Å². The van der Waals surface area contributed by atoms with Gasteiger partial charge in [0.1, 0.15) is 0 Å². The zero-order valence-corrected chi connectivity index (χ0v) is 10.7. The lowest BCUT2D eigenvalue weighted by molar-refractivity contribution is 0.305. The van der Waals surface area contributed by atoms with Crippen molar-refractivity contribution in [3.05, 3.63) is 42.1 Å². The predicted molar refractivity (Wildman–Crippen MR) is 75.2 cm³/mol. The Morgan fingerprint density at radius 2 is 1.78 bits per heavy atom. The summed E-state index contributed by atoms with van der Waals surface area (Å²) in [7, 11) is 0. The summed E-state index contributed by atoms with van der Waals surface area (Å²) >= 11 is 0. The minimum Gasteiger partial charge on any atom is -0.322 e. The topological polar surface area (TPSA) is 38.9 Å². The van der Waals surface area contributed by atoms with E-state index in [-0.39, 0.29) is 6.04 Å². The molecule has 1 aromatic heterocycles. The molecule has 1 heterocycles. The lowest BCUT2D eigenvalue weighted by Gasteiger charge is -2.27. The number of rotatable bonds is 2. The molecule has 0 spiro atoms. The van der Waals surface area contributed by atoms with Crippen molar-refractivity contribution >= 4 is 10.9 Å². The molecule has 2 nitrogen and oxygen atoms in total. The van der Waals surface area contributed by atoms with E-state index in [1.165, 1.54) is 37.5 Å². The highest BCUT2D eigenvalue weighted by atomic mass is 14.8. The van der Waals surface area contributed by atoms with Crippen molar-refractivity contribution in [2.24, 2.45) is 11.7 Å². The first kappa shape index (κ1) is 11.7. The summed E-state index contributed by atoms with van der Waals surface area (Å²) in [5, 5.41) is 1.19. The molecule has 2 N–H and O–H groups in total. The summed E-state index contributed by atoms with van der Waals surface area (Å²) in [4.78, 5) is 4.73. The molecule has 0 amide bonds. The molecule has 94 valence electrons. The van der Waals surface area contributed by atoms with Gasteiger partial charge in [-0.15, -0.1) is 0 Å². The Bertz CT molecular complexity index is 529. The fourth-order valence-corrected chi connectivity index (χ4v) is 3.00. The van der Waals surface area contributed by atoms with Crippen molar-refractivity contribution in [3.63, 3.8) is 0 Å². The standard InChI is InChI=1S/C16H20N2/c17-16(13-7-2-1-3-8-13)15-11-10-12-6-4-5-9-14(12)18-15/h4-6,9-11,13,16H,1-3,7-8,17H2/t16-/m0/s1. The third-order valence-corrected chi connectivity index (χ3v) is 4.12. The van der Waals surface area contributed by atoms with Gasteiger partial charge in [-0.25, -0.2) is 0 Å². The van der Waals surface area contributed by atoms with Crippen LogP contribution in [0.2, 0.25) is 0 Å². The van der Waals surface area contributed by atoms with Gasteiger partial charge in [-0.1, -0.05) is 43.5 Å². The van der Waals surface area contributed by atoms with Gasteiger partial charge >= 0.3 is 0 Å². The normalized spacial score (nSPS) is 18.9. The van der Waals surface area contributed by atoms with Crippen LogP contribution in [0.3, 0.4) is 0 Å². The lowest BCUT2D eigenvalue weighted by Crippen LogP contribution is -2.24. The zero-order valence-electron chi connectivity index (χ0n) is 10.7. The number of aromatic nitrogens is 1. The van der Waals surface area contributed by atoms with Crippen molar-refractivity contribution in [3.8, 4) is 0 Å². The van der Waals surface area contributed by atoms with E-state index in [4.69, 9.17) is 10.7 Å². The highest BCUT2D eigenvalue weighted by molar-refractivity contribution is 5.78. The molecule has 0 bridgehead atoms. The van der Waals surface area contributed by atoms with Gasteiger partial charge in [0.2, 0.25) is 0 Å². The summed E-state index contributed by atoms with van der Waals surface area (Å²) in [5.41, 5.74) is 8.51. The van der Waals surface area contributed by atoms with E-state index in [0.29, 0.717) is 5.92 Å². The van der Waals surface area contributed by atoms with Crippen LogP contribution in [0.5, 0.6) is 0 Å². The third-order valence-electron chi connectivity index (χ3n) is 4.12. The van der Waals surface area contributed by atoms with Crippen LogP contribution in [0.1, 0.15) is 43.8 Å². The smallest absolute Gasteiger partial charge is 0.0706 e. The summed E-state index contributed by atoms with van der Waals surface area (Å²) in [6.07, 6.45) is 6.54. The van der Waals surface area contributed by atoms with Gasteiger partial charge in [-0.2, -0.15) is 0 Å². The van der Waals surface area contributed by atoms with Crippen LogP contribution in [-0.4, -0.2) is 4.98 Å². The van der Waals surface area contributed by atoms with Gasteiger partial charge in [0.05, 0.1) is 11.2 Å². The van der Waals surface area contributed by atoms with Gasteiger partial charge in [0, 0.05) is 11.4 Å². The quantitative estimate of drug-likeness (QED) is 0.866. The number of nitrogens with two attached hydrogens (primary N) is 1. The first-order valence-electron chi connectivity index (χ1n) is 6.96. The summed E-state index contributed by atoms with van der Waals surface area (Å²) in [6, 6.07) is 12.6. The Morgan fingerprint density at radius 1 is 1.00 bits per heavy atom. The predicted octanol–water partition coefficient (Wildman–Crippen LogP) is 3.81. The number of benzene rings is 1. The average molecular weight is 240 g/mol. The van der Waals surface area contributed by atoms with Crippen molar-refractivity contribution < 1.29 is 0 Å². The molecule has 1 aliphatic rings. The number of hydrogen-bond acceptors (Lipinski definition) is 2. The van der Waals surface area contributed by atoms with Gasteiger partial charge in [0.25, 0.3) is 0 Å². The first-order valence-corrected chi connectivity index (χ1v) is 6.96. The van der Waals surface area contributed by atoms with Crippen LogP contribution in [-0.2, 0) is 0 Å². The molecule has 1 aliphatic carbocycles. The molecule has 0 unspecified atom stereocenters. The second-order valence-corrected chi connectivity index (χ2v) is 5.35. The second kappa shape index (κ2) is 5.07. The molecule has 1 atom stereocenters. The average Bonchev–Trinajstić information content (AvgIpc) is 2.47. The van der Waals surface area contributed by atoms with Gasteiger partial charge in [0.15, 0.2) is 0 Å². The molecule has 2 heteroatoms. The highest BCUT2D eigenvalue weighted by Gasteiger charge is 2.22. The number of para-hydroxylation sites is 1. The van der Waals surface area contributed by atoms with E-state index < -0.39 is 0 Å². The van der Waals surface area contributed by atoms with Crippen molar-refractivity contribution in [2.45, 2.75) is 38.1 Å². The summed E-state index contributed by atoms with van der Waals surface area (Å²) < 4.78 is 0. The fraction of sp³-hybridized carbons (Fsp3) is 0.438. The van der Waals surface area contributed by atoms with Crippen LogP contribution in [0, 0.1) is 5.92 Å². The Balaban J connectivity index is 1.88. The number of nitrogens with zero attached hydrogens (tertiary/aromatic N) is 1. The maximum Gasteiger partial charge on any atom is 0.0706 e. The largest absolute Gasteiger partial charge is 0.322 e. The van der Waals surface area contributed by atoms with Crippen LogP contribution in [0.4, 0.5) is 0 Å². The van der Waals surface area contributed by atoms with E-state index in [1.54, 1.807) is 0 Å². The Hall–Kier alpha value is -1.41. The highest BCUT2D eigenvalue weighted by Crippen LogP contribution is 2.32. The molecule has 18 heavy (non-hydrogen) atoms. The Morgan fingerprint density at radius 3 is 2.61 bits per heavy atom. The molecule has 0 radical (unpaired) electrons. The maximum atomic E-state index is 6.40. The number of hydrogen-bond donors (Lipinski definition) is 1. The molecular formula is C16H20N2. The van der Waals surface area contributed by atoms with Gasteiger partial charge < -0.3 is 5.73 Å². The minimum absolute atomic E-state index is 0.106. The zero-order chi connectivity index (χ0) is 12.4. The van der Waals surface area contributed by atoms with Crippen LogP contribution >= 0.6 is 0 Å². The minimum atomic E-state index is 0.106. The molecule has 2 aromatic rings. The van der Waals surface area contributed by atoms with Crippen molar-refractivity contribution in [2.75, 3.05) is 0 Å². The van der Waals surface area contributed by atoms with E-state index in [1.807, 2.05) is 12.1 Å². The number of pyridine rings is 1.